The van der Waals surface area contributed by atoms with Crippen LogP contribution in [0.4, 0.5) is 26.3 Å². The summed E-state index contributed by atoms with van der Waals surface area (Å²) < 4.78 is 69.4. The van der Waals surface area contributed by atoms with Gasteiger partial charge in [-0.2, -0.15) is 26.3 Å². The summed E-state index contributed by atoms with van der Waals surface area (Å²) in [6.45, 7) is 5.62. The van der Waals surface area contributed by atoms with Gasteiger partial charge in [-0.3, -0.25) is 4.90 Å². The quantitative estimate of drug-likeness (QED) is 0.276. The number of hydrogen-bond acceptors (Lipinski definition) is 6. The maximum absolute atomic E-state index is 11.4. The number of benzene rings is 2. The number of hydrogen-bond donors (Lipinski definition) is 4. The fourth-order valence-electron chi connectivity index (χ4n) is 5.10. The summed E-state index contributed by atoms with van der Waals surface area (Å²) in [5.74, 6) is -4.58. The van der Waals surface area contributed by atoms with Gasteiger partial charge in [-0.15, -0.1) is 0 Å². The Morgan fingerprint density at radius 3 is 2.05 bits per heavy atom. The minimum Gasteiger partial charge on any atom is -0.494 e. The molecular formula is C28H34F6N2O6. The van der Waals surface area contributed by atoms with E-state index < -0.39 is 24.3 Å². The first-order valence-corrected chi connectivity index (χ1v) is 13.0. The predicted molar refractivity (Wildman–Crippen MR) is 140 cm³/mol. The van der Waals surface area contributed by atoms with Crippen molar-refractivity contribution >= 4 is 11.9 Å². The molecule has 4 rings (SSSR count). The SMILES string of the molecule is Cc1cccc(OCCCN(C)[C@@H]2c3ccccc3C3(CCNCC3)[C@H]2O)c1.O=C(O)C(F)(F)F.O=C(O)C(F)(F)F. The van der Waals surface area contributed by atoms with E-state index in [0.29, 0.717) is 6.61 Å². The Labute approximate surface area is 238 Å². The lowest BCUT2D eigenvalue weighted by molar-refractivity contribution is -0.193. The van der Waals surface area contributed by atoms with Gasteiger partial charge in [-0.25, -0.2) is 9.59 Å². The van der Waals surface area contributed by atoms with Gasteiger partial charge in [0.05, 0.1) is 18.8 Å². The van der Waals surface area contributed by atoms with Gasteiger partial charge in [-0.05, 0) is 75.1 Å². The zero-order chi connectivity index (χ0) is 31.7. The van der Waals surface area contributed by atoms with Crippen LogP contribution < -0.4 is 10.1 Å². The molecule has 234 valence electrons. The zero-order valence-electron chi connectivity index (χ0n) is 23.0. The van der Waals surface area contributed by atoms with Crippen LogP contribution in [-0.4, -0.2) is 83.9 Å². The lowest BCUT2D eigenvalue weighted by Gasteiger charge is -2.40. The molecule has 1 aliphatic heterocycles. The number of piperidine rings is 1. The summed E-state index contributed by atoms with van der Waals surface area (Å²) in [6, 6.07) is 16.9. The van der Waals surface area contributed by atoms with E-state index in [9.17, 15) is 31.4 Å². The number of aliphatic hydroxyl groups excluding tert-OH is 1. The number of halogens is 6. The van der Waals surface area contributed by atoms with E-state index >= 15 is 0 Å². The van der Waals surface area contributed by atoms with Crippen molar-refractivity contribution in [3.05, 3.63) is 65.2 Å². The summed E-state index contributed by atoms with van der Waals surface area (Å²) in [4.78, 5) is 20.1. The molecular weight excluding hydrogens is 574 g/mol. The number of alkyl halides is 6. The fourth-order valence-corrected chi connectivity index (χ4v) is 5.10. The van der Waals surface area contributed by atoms with E-state index in [2.05, 4.69) is 60.6 Å². The van der Waals surface area contributed by atoms with Crippen molar-refractivity contribution in [3.8, 4) is 5.75 Å². The van der Waals surface area contributed by atoms with Crippen molar-refractivity contribution in [2.24, 2.45) is 0 Å². The van der Waals surface area contributed by atoms with Crippen molar-refractivity contribution < 1.29 is 56.0 Å². The lowest BCUT2D eigenvalue weighted by atomic mass is 9.72. The van der Waals surface area contributed by atoms with Crippen LogP contribution >= 0.6 is 0 Å². The molecule has 1 aliphatic carbocycles. The lowest BCUT2D eigenvalue weighted by Crippen LogP contribution is -2.48. The third-order valence-electron chi connectivity index (χ3n) is 7.05. The Balaban J connectivity index is 0.000000367. The highest BCUT2D eigenvalue weighted by atomic mass is 19.4. The van der Waals surface area contributed by atoms with Crippen LogP contribution in [0, 0.1) is 6.92 Å². The van der Waals surface area contributed by atoms with Gasteiger partial charge in [0.15, 0.2) is 0 Å². The number of carbonyl (C=O) groups is 2. The second kappa shape index (κ2) is 14.7. The smallest absolute Gasteiger partial charge is 0.490 e. The number of likely N-dealkylation sites (N-methyl/N-ethyl adjacent to an activating group) is 1. The molecule has 0 amide bonds. The van der Waals surface area contributed by atoms with E-state index in [1.807, 2.05) is 12.1 Å². The van der Waals surface area contributed by atoms with Gasteiger partial charge >= 0.3 is 24.3 Å². The number of aliphatic hydroxyl groups is 1. The van der Waals surface area contributed by atoms with E-state index in [1.165, 1.54) is 16.7 Å². The van der Waals surface area contributed by atoms with Crippen molar-refractivity contribution in [3.63, 3.8) is 0 Å². The summed E-state index contributed by atoms with van der Waals surface area (Å²) >= 11 is 0. The molecule has 0 radical (unpaired) electrons. The molecule has 42 heavy (non-hydrogen) atoms. The van der Waals surface area contributed by atoms with Crippen LogP contribution in [0.15, 0.2) is 48.5 Å². The number of aryl methyl sites for hydroxylation is 1. The van der Waals surface area contributed by atoms with Gasteiger partial charge in [0, 0.05) is 12.0 Å². The number of ether oxygens (including phenoxy) is 1. The van der Waals surface area contributed by atoms with Gasteiger partial charge < -0.3 is 25.4 Å². The molecule has 0 saturated carbocycles. The molecule has 0 unspecified atom stereocenters. The summed E-state index contributed by atoms with van der Waals surface area (Å²) in [6.07, 6.45) is -7.57. The molecule has 2 atom stereocenters. The summed E-state index contributed by atoms with van der Waals surface area (Å²) in [7, 11) is 2.14. The van der Waals surface area contributed by atoms with Gasteiger partial charge in [-0.1, -0.05) is 36.4 Å². The average Bonchev–Trinajstić information content (AvgIpc) is 3.14. The van der Waals surface area contributed by atoms with Crippen LogP contribution in [0.25, 0.3) is 0 Å². The highest BCUT2D eigenvalue weighted by Gasteiger charge is 2.52. The van der Waals surface area contributed by atoms with E-state index in [4.69, 9.17) is 24.5 Å². The van der Waals surface area contributed by atoms with Crippen molar-refractivity contribution in [2.75, 3.05) is 33.3 Å². The van der Waals surface area contributed by atoms with Crippen molar-refractivity contribution in [2.45, 2.75) is 56.1 Å². The van der Waals surface area contributed by atoms with E-state index in [1.54, 1.807) is 0 Å². The largest absolute Gasteiger partial charge is 0.494 e. The third-order valence-corrected chi connectivity index (χ3v) is 7.05. The van der Waals surface area contributed by atoms with Crippen molar-refractivity contribution in [1.82, 2.24) is 10.2 Å². The Bertz CT molecular complexity index is 1160. The number of carboxylic acids is 2. The number of nitrogens with one attached hydrogen (secondary N) is 1. The minimum atomic E-state index is -5.08. The number of fused-ring (bicyclic) bond motifs is 2. The molecule has 1 heterocycles. The highest BCUT2D eigenvalue weighted by molar-refractivity contribution is 5.73. The Morgan fingerprint density at radius 2 is 1.52 bits per heavy atom. The van der Waals surface area contributed by atoms with Crippen LogP contribution in [0.5, 0.6) is 5.75 Å². The number of nitrogens with zero attached hydrogens (tertiary/aromatic N) is 1. The Morgan fingerprint density at radius 1 is 0.976 bits per heavy atom. The summed E-state index contributed by atoms with van der Waals surface area (Å²) in [5, 5.41) is 29.1. The van der Waals surface area contributed by atoms with Gasteiger partial charge in [0.25, 0.3) is 0 Å². The maximum atomic E-state index is 11.4. The molecule has 2 aromatic carbocycles. The molecule has 1 spiro atoms. The number of carboxylic acid groups (broad SMARTS) is 2. The first-order chi connectivity index (χ1) is 19.5. The maximum Gasteiger partial charge on any atom is 0.490 e. The van der Waals surface area contributed by atoms with E-state index in [-0.39, 0.29) is 17.6 Å². The Hall–Kier alpha value is -3.36. The number of rotatable bonds is 6. The Kier molecular flexibility index (Phi) is 12.2. The number of aliphatic carboxylic acids is 2. The monoisotopic (exact) mass is 608 g/mol. The molecule has 2 aliphatic rings. The molecule has 0 aromatic heterocycles. The fraction of sp³-hybridized carbons (Fsp3) is 0.500. The van der Waals surface area contributed by atoms with Crippen molar-refractivity contribution in [1.29, 1.82) is 0 Å². The van der Waals surface area contributed by atoms with Gasteiger partial charge in [0.2, 0.25) is 0 Å². The molecule has 2 aromatic rings. The molecule has 1 fully saturated rings. The molecule has 14 heteroatoms. The average molecular weight is 609 g/mol. The molecule has 8 nitrogen and oxygen atoms in total. The topological polar surface area (TPSA) is 119 Å². The van der Waals surface area contributed by atoms with Crippen LogP contribution in [0.3, 0.4) is 0 Å². The second-order valence-corrected chi connectivity index (χ2v) is 9.99. The van der Waals surface area contributed by atoms with Crippen LogP contribution in [0.1, 0.15) is 42.0 Å². The van der Waals surface area contributed by atoms with Crippen LogP contribution in [0.2, 0.25) is 0 Å². The van der Waals surface area contributed by atoms with E-state index in [0.717, 1.165) is 44.6 Å². The first-order valence-electron chi connectivity index (χ1n) is 13.0. The van der Waals surface area contributed by atoms with Gasteiger partial charge in [0.1, 0.15) is 5.75 Å². The third kappa shape index (κ3) is 9.33. The first kappa shape index (κ1) is 34.8. The summed E-state index contributed by atoms with van der Waals surface area (Å²) in [5.41, 5.74) is 3.78. The standard InChI is InChI=1S/C24H32N2O2.2C2HF3O2/c1-18-7-5-8-19(17-18)28-16-6-15-26(2)22-20-9-3-4-10-21(20)24(23(22)27)11-13-25-14-12-24;2*3-2(4,5)1(6)7/h3-5,7-10,17,22-23,25,27H,6,11-16H2,1-2H3;2*(H,6,7)/t22-,23+;;/m1../s1. The second-order valence-electron chi connectivity index (χ2n) is 9.99. The van der Waals surface area contributed by atoms with Crippen LogP contribution in [-0.2, 0) is 15.0 Å². The normalized spacial score (nSPS) is 19.2. The predicted octanol–water partition coefficient (Wildman–Crippen LogP) is 4.70. The molecule has 0 bridgehead atoms. The molecule has 1 saturated heterocycles. The highest BCUT2D eigenvalue weighted by Crippen LogP contribution is 2.51. The molecule has 4 N–H and O–H groups in total. The minimum absolute atomic E-state index is 0.0632. The zero-order valence-corrected chi connectivity index (χ0v) is 23.0.